The third-order valence-electron chi connectivity index (χ3n) is 11.8. The summed E-state index contributed by atoms with van der Waals surface area (Å²) in [6, 6.07) is 0.103. The zero-order valence-corrected chi connectivity index (χ0v) is 24.7. The predicted molar refractivity (Wildman–Crippen MR) is 153 cm³/mol. The molecule has 40 heavy (non-hydrogen) atoms. The molecule has 228 valence electrons. The van der Waals surface area contributed by atoms with Gasteiger partial charge in [-0.3, -0.25) is 9.63 Å². The number of carbonyl (C=O) groups excluding carboxylic acids is 1. The van der Waals surface area contributed by atoms with Crippen molar-refractivity contribution in [3.05, 3.63) is 0 Å². The minimum atomic E-state index is -0.746. The van der Waals surface area contributed by atoms with Crippen LogP contribution < -0.4 is 10.6 Å². The summed E-state index contributed by atoms with van der Waals surface area (Å²) in [6.45, 7) is 3.92. The quantitative estimate of drug-likeness (QED) is 0.342. The smallest absolute Gasteiger partial charge is 0.240 e. The van der Waals surface area contributed by atoms with E-state index in [2.05, 4.69) is 10.6 Å². The van der Waals surface area contributed by atoms with Crippen LogP contribution in [0.1, 0.15) is 96.8 Å². The highest BCUT2D eigenvalue weighted by Crippen LogP contribution is 2.44. The van der Waals surface area contributed by atoms with Gasteiger partial charge in [-0.05, 0) is 107 Å². The van der Waals surface area contributed by atoms with Gasteiger partial charge in [0.1, 0.15) is 12.1 Å². The number of aliphatic hydroxyl groups is 2. The maximum Gasteiger partial charge on any atom is 0.240 e. The topological polar surface area (TPSA) is 103 Å². The highest BCUT2D eigenvalue weighted by atomic mass is 16.7. The molecule has 6 rings (SSSR count). The SMILES string of the molecule is C[C@H](O)C1ON(CC2CCC(C3CC4CCCCC4O3)CC2)[C@H](C(=O)NCCC2CNC3CCCCC23)C1CO. The largest absolute Gasteiger partial charge is 0.396 e. The van der Waals surface area contributed by atoms with E-state index in [1.807, 2.05) is 5.06 Å². The number of fused-ring (bicyclic) bond motifs is 2. The molecule has 8 heteroatoms. The Morgan fingerprint density at radius 3 is 2.55 bits per heavy atom. The number of hydrogen-bond donors (Lipinski definition) is 4. The fraction of sp³-hybridized carbons (Fsp3) is 0.969. The van der Waals surface area contributed by atoms with E-state index in [4.69, 9.17) is 9.57 Å². The number of amides is 1. The Morgan fingerprint density at radius 2 is 1.77 bits per heavy atom. The van der Waals surface area contributed by atoms with E-state index in [0.29, 0.717) is 49.1 Å². The Kier molecular flexibility index (Phi) is 9.71. The second-order valence-corrected chi connectivity index (χ2v) is 14.3. The number of nitrogens with zero attached hydrogens (tertiary/aromatic N) is 1. The molecular formula is C32H55N3O5. The van der Waals surface area contributed by atoms with Crippen molar-refractivity contribution in [1.29, 1.82) is 0 Å². The summed E-state index contributed by atoms with van der Waals surface area (Å²) >= 11 is 0. The molecule has 0 aromatic heterocycles. The Bertz CT molecular complexity index is 821. The summed E-state index contributed by atoms with van der Waals surface area (Å²) in [6.07, 6.45) is 17.0. The molecule has 0 aromatic rings. The number of nitrogens with one attached hydrogen (secondary N) is 2. The first-order valence-electron chi connectivity index (χ1n) is 16.9. The van der Waals surface area contributed by atoms with Gasteiger partial charge in [-0.15, -0.1) is 0 Å². The van der Waals surface area contributed by atoms with E-state index < -0.39 is 24.2 Å². The van der Waals surface area contributed by atoms with Crippen LogP contribution in [0.3, 0.4) is 0 Å². The first-order chi connectivity index (χ1) is 19.5. The number of ether oxygens (including phenoxy) is 1. The second-order valence-electron chi connectivity index (χ2n) is 14.3. The molecule has 6 fully saturated rings. The van der Waals surface area contributed by atoms with Crippen LogP contribution >= 0.6 is 0 Å². The van der Waals surface area contributed by atoms with Crippen molar-refractivity contribution < 1.29 is 24.6 Å². The van der Waals surface area contributed by atoms with Crippen molar-refractivity contribution in [2.45, 2.75) is 133 Å². The van der Waals surface area contributed by atoms with E-state index in [1.54, 1.807) is 6.92 Å². The standard InChI is InChI=1S/C32H55N3O5/c1-20(37)31-26(19-36)30(32(38)33-15-14-24-17-34-27-8-4-3-7-25(24)27)35(40-31)18-21-10-12-22(13-11-21)29-16-23-6-2-5-9-28(23)39-29/h20-31,34,36-37H,2-19H2,1H3,(H,33,38)/t20-,21?,22?,23?,24?,25?,26?,27?,28?,29?,30-,31?/m0/s1. The van der Waals surface area contributed by atoms with Gasteiger partial charge in [-0.1, -0.05) is 25.7 Å². The summed E-state index contributed by atoms with van der Waals surface area (Å²) in [4.78, 5) is 19.8. The zero-order chi connectivity index (χ0) is 27.6. The highest BCUT2D eigenvalue weighted by molar-refractivity contribution is 5.82. The van der Waals surface area contributed by atoms with E-state index in [0.717, 1.165) is 37.6 Å². The number of carbonyl (C=O) groups is 1. The Balaban J connectivity index is 1.02. The molecule has 0 spiro atoms. The Morgan fingerprint density at radius 1 is 1.00 bits per heavy atom. The van der Waals surface area contributed by atoms with Crippen LogP contribution in [0.2, 0.25) is 0 Å². The number of aliphatic hydroxyl groups excluding tert-OH is 2. The Labute approximate surface area is 241 Å². The molecule has 3 heterocycles. The van der Waals surface area contributed by atoms with Gasteiger partial charge in [0.2, 0.25) is 5.91 Å². The third-order valence-corrected chi connectivity index (χ3v) is 11.8. The van der Waals surface area contributed by atoms with Gasteiger partial charge in [-0.25, -0.2) is 0 Å². The van der Waals surface area contributed by atoms with E-state index in [9.17, 15) is 15.0 Å². The van der Waals surface area contributed by atoms with Crippen molar-refractivity contribution in [2.24, 2.45) is 35.5 Å². The van der Waals surface area contributed by atoms with Gasteiger partial charge >= 0.3 is 0 Å². The van der Waals surface area contributed by atoms with Gasteiger partial charge in [0, 0.05) is 25.0 Å². The molecule has 10 atom stereocenters. The lowest BCUT2D eigenvalue weighted by Crippen LogP contribution is -2.49. The lowest BCUT2D eigenvalue weighted by atomic mass is 9.77. The molecule has 4 N–H and O–H groups in total. The molecule has 8 nitrogen and oxygen atoms in total. The van der Waals surface area contributed by atoms with Crippen LogP contribution in [-0.4, -0.2) is 83.9 Å². The van der Waals surface area contributed by atoms with Crippen LogP contribution in [0.5, 0.6) is 0 Å². The fourth-order valence-electron chi connectivity index (χ4n) is 9.56. The molecule has 8 unspecified atom stereocenters. The number of hydroxylamine groups is 2. The van der Waals surface area contributed by atoms with Crippen LogP contribution in [0.15, 0.2) is 0 Å². The fourth-order valence-corrected chi connectivity index (χ4v) is 9.56. The average Bonchev–Trinajstić information content (AvgIpc) is 3.68. The lowest BCUT2D eigenvalue weighted by Gasteiger charge is -2.34. The summed E-state index contributed by atoms with van der Waals surface area (Å²) < 4.78 is 6.55. The molecule has 1 amide bonds. The summed E-state index contributed by atoms with van der Waals surface area (Å²) in [5.74, 6) is 2.78. The van der Waals surface area contributed by atoms with Gasteiger partial charge < -0.3 is 25.6 Å². The highest BCUT2D eigenvalue weighted by Gasteiger charge is 2.50. The number of rotatable bonds is 9. The van der Waals surface area contributed by atoms with Gasteiger partial charge in [-0.2, -0.15) is 5.06 Å². The van der Waals surface area contributed by atoms with Crippen LogP contribution in [-0.2, 0) is 14.4 Å². The first kappa shape index (κ1) is 29.3. The van der Waals surface area contributed by atoms with Crippen LogP contribution in [0.4, 0.5) is 0 Å². The molecule has 0 bridgehead atoms. The van der Waals surface area contributed by atoms with Crippen molar-refractivity contribution >= 4 is 5.91 Å². The molecule has 3 aliphatic carbocycles. The van der Waals surface area contributed by atoms with Crippen molar-refractivity contribution in [3.8, 4) is 0 Å². The molecule has 3 saturated carbocycles. The normalized spacial score (nSPS) is 44.7. The van der Waals surface area contributed by atoms with Crippen LogP contribution in [0.25, 0.3) is 0 Å². The van der Waals surface area contributed by atoms with E-state index >= 15 is 0 Å². The summed E-state index contributed by atoms with van der Waals surface area (Å²) in [5, 5.41) is 29.5. The van der Waals surface area contributed by atoms with Gasteiger partial charge in [0.25, 0.3) is 0 Å². The van der Waals surface area contributed by atoms with Crippen LogP contribution in [0, 0.1) is 35.5 Å². The van der Waals surface area contributed by atoms with Crippen molar-refractivity contribution in [1.82, 2.24) is 15.7 Å². The maximum absolute atomic E-state index is 13.6. The van der Waals surface area contributed by atoms with E-state index in [-0.39, 0.29) is 12.5 Å². The molecule has 0 radical (unpaired) electrons. The maximum atomic E-state index is 13.6. The van der Waals surface area contributed by atoms with Crippen molar-refractivity contribution in [3.63, 3.8) is 0 Å². The first-order valence-corrected chi connectivity index (χ1v) is 16.9. The minimum Gasteiger partial charge on any atom is -0.396 e. The molecule has 3 saturated heterocycles. The van der Waals surface area contributed by atoms with Gasteiger partial charge in [0.15, 0.2) is 0 Å². The molecular weight excluding hydrogens is 506 g/mol. The summed E-state index contributed by atoms with van der Waals surface area (Å²) in [5.41, 5.74) is 0. The monoisotopic (exact) mass is 561 g/mol. The molecule has 0 aromatic carbocycles. The average molecular weight is 562 g/mol. The van der Waals surface area contributed by atoms with Gasteiger partial charge in [0.05, 0.1) is 24.9 Å². The Hall–Kier alpha value is -0.770. The third kappa shape index (κ3) is 6.28. The minimum absolute atomic E-state index is 0.0657. The molecule has 3 aliphatic heterocycles. The molecule has 6 aliphatic rings. The van der Waals surface area contributed by atoms with Crippen molar-refractivity contribution in [2.75, 3.05) is 26.2 Å². The summed E-state index contributed by atoms with van der Waals surface area (Å²) in [7, 11) is 0. The lowest BCUT2D eigenvalue weighted by molar-refractivity contribution is -0.193. The van der Waals surface area contributed by atoms with E-state index in [1.165, 1.54) is 70.6 Å². The number of hydrogen-bond acceptors (Lipinski definition) is 7. The predicted octanol–water partition coefficient (Wildman–Crippen LogP) is 3.40. The second kappa shape index (κ2) is 13.3. The zero-order valence-electron chi connectivity index (χ0n) is 24.7.